The summed E-state index contributed by atoms with van der Waals surface area (Å²) in [6.07, 6.45) is 9.62. The van der Waals surface area contributed by atoms with Crippen LogP contribution >= 0.6 is 0 Å². The van der Waals surface area contributed by atoms with Gasteiger partial charge in [-0.2, -0.15) is 0 Å². The second-order valence-electron chi connectivity index (χ2n) is 4.95. The van der Waals surface area contributed by atoms with Crippen LogP contribution in [0.25, 0.3) is 0 Å². The number of carbonyl (C=O) groups is 1. The summed E-state index contributed by atoms with van der Waals surface area (Å²) in [7, 11) is 0. The molecule has 0 amide bonds. The monoisotopic (exact) mass is 236 g/mol. The molecule has 3 heteroatoms. The molecule has 0 radical (unpaired) electrons. The van der Waals surface area contributed by atoms with Crippen LogP contribution in [0.4, 0.5) is 0 Å². The van der Waals surface area contributed by atoms with E-state index in [9.17, 15) is 9.90 Å². The molecule has 2 unspecified atom stereocenters. The van der Waals surface area contributed by atoms with Gasteiger partial charge in [-0.15, -0.1) is 6.58 Å². The predicted octanol–water partition coefficient (Wildman–Crippen LogP) is 2.36. The highest BCUT2D eigenvalue weighted by Gasteiger charge is 2.47. The summed E-state index contributed by atoms with van der Waals surface area (Å²) in [5.74, 6) is 0.191. The Bertz CT molecular complexity index is 328. The van der Waals surface area contributed by atoms with Crippen LogP contribution in [0.1, 0.15) is 38.5 Å². The van der Waals surface area contributed by atoms with Crippen molar-refractivity contribution in [2.24, 2.45) is 5.92 Å². The van der Waals surface area contributed by atoms with E-state index >= 15 is 0 Å². The van der Waals surface area contributed by atoms with Crippen molar-refractivity contribution in [2.75, 3.05) is 0 Å². The summed E-state index contributed by atoms with van der Waals surface area (Å²) in [4.78, 5) is 12.2. The van der Waals surface area contributed by atoms with E-state index in [-0.39, 0.29) is 11.7 Å². The average molecular weight is 236 g/mol. The first-order valence-electron chi connectivity index (χ1n) is 6.38. The summed E-state index contributed by atoms with van der Waals surface area (Å²) in [5, 5.41) is 9.62. The maximum absolute atomic E-state index is 12.2. The Morgan fingerprint density at radius 2 is 2.18 bits per heavy atom. The molecule has 0 aromatic rings. The molecule has 3 nitrogen and oxygen atoms in total. The molecule has 1 N–H and O–H groups in total. The first kappa shape index (κ1) is 12.5. The van der Waals surface area contributed by atoms with Crippen LogP contribution in [0.15, 0.2) is 24.8 Å². The van der Waals surface area contributed by atoms with E-state index < -0.39 is 11.9 Å². The smallest absolute Gasteiger partial charge is 0.188 e. The van der Waals surface area contributed by atoms with Gasteiger partial charge in [0.2, 0.25) is 0 Å². The predicted molar refractivity (Wildman–Crippen MR) is 65.4 cm³/mol. The largest absolute Gasteiger partial charge is 0.365 e. The minimum absolute atomic E-state index is 0.0189. The van der Waals surface area contributed by atoms with Crippen molar-refractivity contribution in [3.63, 3.8) is 0 Å². The van der Waals surface area contributed by atoms with E-state index in [2.05, 4.69) is 6.58 Å². The van der Waals surface area contributed by atoms with Crippen molar-refractivity contribution in [2.45, 2.75) is 50.4 Å². The van der Waals surface area contributed by atoms with Gasteiger partial charge in [-0.3, -0.25) is 4.79 Å². The normalized spacial score (nSPS) is 34.9. The number of rotatable bonds is 3. The minimum atomic E-state index is -0.963. The summed E-state index contributed by atoms with van der Waals surface area (Å²) < 4.78 is 5.61. The Morgan fingerprint density at radius 1 is 1.47 bits per heavy atom. The summed E-state index contributed by atoms with van der Waals surface area (Å²) in [6, 6.07) is 0. The summed E-state index contributed by atoms with van der Waals surface area (Å²) in [6.45, 7) is 3.72. The van der Waals surface area contributed by atoms with Gasteiger partial charge in [-0.25, -0.2) is 0 Å². The zero-order chi connectivity index (χ0) is 12.3. The standard InChI is InChI=1S/C14H20O3/c1-2-10-14(11-6-4-3-5-7-11)12(15)8-9-13(16)17-14/h2,8-9,11,13,16H,1,3-7,10H2. The van der Waals surface area contributed by atoms with Gasteiger partial charge in [-0.05, 0) is 30.9 Å². The Labute approximate surface area is 102 Å². The van der Waals surface area contributed by atoms with E-state index in [1.54, 1.807) is 6.08 Å². The summed E-state index contributed by atoms with van der Waals surface area (Å²) in [5.41, 5.74) is -0.865. The van der Waals surface area contributed by atoms with Crippen LogP contribution in [-0.2, 0) is 9.53 Å². The van der Waals surface area contributed by atoms with E-state index in [0.29, 0.717) is 6.42 Å². The second-order valence-corrected chi connectivity index (χ2v) is 4.95. The van der Waals surface area contributed by atoms with Crippen LogP contribution in [0, 0.1) is 5.92 Å². The lowest BCUT2D eigenvalue weighted by atomic mass is 9.72. The number of aliphatic hydroxyl groups excluding tert-OH is 1. The lowest BCUT2D eigenvalue weighted by molar-refractivity contribution is -0.195. The number of aliphatic hydroxyl groups is 1. The third kappa shape index (κ3) is 2.35. The van der Waals surface area contributed by atoms with Crippen molar-refractivity contribution in [3.05, 3.63) is 24.8 Å². The molecule has 1 aliphatic carbocycles. The number of carbonyl (C=O) groups excluding carboxylic acids is 1. The zero-order valence-corrected chi connectivity index (χ0v) is 10.1. The maximum atomic E-state index is 12.2. The van der Waals surface area contributed by atoms with Crippen molar-refractivity contribution < 1.29 is 14.6 Å². The Balaban J connectivity index is 2.26. The van der Waals surface area contributed by atoms with Gasteiger partial charge in [0.25, 0.3) is 0 Å². The summed E-state index contributed by atoms with van der Waals surface area (Å²) >= 11 is 0. The van der Waals surface area contributed by atoms with Crippen molar-refractivity contribution in [1.29, 1.82) is 0 Å². The molecule has 2 atom stereocenters. The highest BCUT2D eigenvalue weighted by atomic mass is 16.6. The van der Waals surface area contributed by atoms with Crippen LogP contribution in [0.5, 0.6) is 0 Å². The molecule has 1 aliphatic heterocycles. The number of hydrogen-bond acceptors (Lipinski definition) is 3. The molecular weight excluding hydrogens is 216 g/mol. The van der Waals surface area contributed by atoms with Crippen molar-refractivity contribution >= 4 is 5.78 Å². The highest BCUT2D eigenvalue weighted by Crippen LogP contribution is 2.40. The quantitative estimate of drug-likeness (QED) is 0.765. The van der Waals surface area contributed by atoms with Gasteiger partial charge in [0, 0.05) is 6.42 Å². The van der Waals surface area contributed by atoms with E-state index in [1.165, 1.54) is 18.6 Å². The molecule has 0 aromatic heterocycles. The number of ketones is 1. The van der Waals surface area contributed by atoms with Gasteiger partial charge in [0.1, 0.15) is 5.60 Å². The van der Waals surface area contributed by atoms with Crippen LogP contribution in [0.2, 0.25) is 0 Å². The van der Waals surface area contributed by atoms with Gasteiger partial charge in [0.15, 0.2) is 12.1 Å². The molecule has 1 saturated carbocycles. The molecular formula is C14H20O3. The van der Waals surface area contributed by atoms with Gasteiger partial charge in [-0.1, -0.05) is 25.3 Å². The lowest BCUT2D eigenvalue weighted by Crippen LogP contribution is -2.52. The molecule has 0 spiro atoms. The fourth-order valence-corrected chi connectivity index (χ4v) is 3.02. The molecule has 17 heavy (non-hydrogen) atoms. The van der Waals surface area contributed by atoms with Crippen LogP contribution < -0.4 is 0 Å². The lowest BCUT2D eigenvalue weighted by Gasteiger charge is -2.42. The number of hydrogen-bond donors (Lipinski definition) is 1. The van der Waals surface area contributed by atoms with Crippen LogP contribution in [-0.4, -0.2) is 22.8 Å². The van der Waals surface area contributed by atoms with E-state index in [1.807, 2.05) is 0 Å². The van der Waals surface area contributed by atoms with Gasteiger partial charge in [0.05, 0.1) is 0 Å². The SMILES string of the molecule is C=CCC1(C2CCCCC2)OC(O)C=CC1=O. The number of ether oxygens (including phenoxy) is 1. The second kappa shape index (κ2) is 5.15. The molecule has 0 aromatic carbocycles. The topological polar surface area (TPSA) is 46.5 Å². The van der Waals surface area contributed by atoms with Crippen molar-refractivity contribution in [1.82, 2.24) is 0 Å². The van der Waals surface area contributed by atoms with Gasteiger partial charge >= 0.3 is 0 Å². The molecule has 2 aliphatic rings. The van der Waals surface area contributed by atoms with Crippen molar-refractivity contribution in [3.8, 4) is 0 Å². The molecule has 1 fully saturated rings. The molecule has 0 saturated heterocycles. The molecule has 2 rings (SSSR count). The van der Waals surface area contributed by atoms with Gasteiger partial charge < -0.3 is 9.84 Å². The maximum Gasteiger partial charge on any atom is 0.188 e. The Kier molecular flexibility index (Phi) is 3.79. The first-order valence-corrected chi connectivity index (χ1v) is 6.38. The Hall–Kier alpha value is -0.930. The fraction of sp³-hybridized carbons (Fsp3) is 0.643. The zero-order valence-electron chi connectivity index (χ0n) is 10.1. The third-order valence-electron chi connectivity index (χ3n) is 3.87. The molecule has 94 valence electrons. The molecule has 1 heterocycles. The van der Waals surface area contributed by atoms with Crippen LogP contribution in [0.3, 0.4) is 0 Å². The average Bonchev–Trinajstić information content (AvgIpc) is 2.35. The Morgan fingerprint density at radius 3 is 2.82 bits per heavy atom. The fourth-order valence-electron chi connectivity index (χ4n) is 3.02. The van der Waals surface area contributed by atoms with E-state index in [0.717, 1.165) is 25.7 Å². The van der Waals surface area contributed by atoms with E-state index in [4.69, 9.17) is 4.74 Å². The third-order valence-corrected chi connectivity index (χ3v) is 3.87. The first-order chi connectivity index (χ1) is 8.19. The molecule has 0 bridgehead atoms. The highest BCUT2D eigenvalue weighted by molar-refractivity contribution is 5.98. The minimum Gasteiger partial charge on any atom is -0.365 e.